The second-order valence-electron chi connectivity index (χ2n) is 4.19. The Kier molecular flexibility index (Phi) is 4.31. The first kappa shape index (κ1) is 12.7. The fourth-order valence-corrected chi connectivity index (χ4v) is 2.67. The summed E-state index contributed by atoms with van der Waals surface area (Å²) in [7, 11) is 0. The molecule has 0 bridgehead atoms. The van der Waals surface area contributed by atoms with Crippen LogP contribution >= 0.6 is 27.3 Å². The van der Waals surface area contributed by atoms with Crippen LogP contribution in [0.25, 0.3) is 10.6 Å². The van der Waals surface area contributed by atoms with Gasteiger partial charge >= 0.3 is 0 Å². The molecular formula is C13H15BrN2S. The third kappa shape index (κ3) is 3.63. The van der Waals surface area contributed by atoms with Crippen molar-refractivity contribution in [2.45, 2.75) is 26.4 Å². The normalized spacial score (nSPS) is 11.1. The minimum Gasteiger partial charge on any atom is -0.309 e. The molecule has 1 heterocycles. The number of hydrogen-bond donors (Lipinski definition) is 1. The molecule has 1 aromatic heterocycles. The smallest absolute Gasteiger partial charge is 0.123 e. The van der Waals surface area contributed by atoms with Crippen LogP contribution in [0.4, 0.5) is 0 Å². The second kappa shape index (κ2) is 5.76. The van der Waals surface area contributed by atoms with E-state index in [4.69, 9.17) is 0 Å². The van der Waals surface area contributed by atoms with Crippen LogP contribution in [0, 0.1) is 0 Å². The van der Waals surface area contributed by atoms with Gasteiger partial charge in [-0.1, -0.05) is 41.9 Å². The van der Waals surface area contributed by atoms with Crippen LogP contribution in [-0.2, 0) is 6.54 Å². The van der Waals surface area contributed by atoms with Crippen LogP contribution in [0.2, 0.25) is 0 Å². The zero-order chi connectivity index (χ0) is 12.3. The Labute approximate surface area is 114 Å². The number of nitrogens with zero attached hydrogens (tertiary/aromatic N) is 1. The van der Waals surface area contributed by atoms with Crippen molar-refractivity contribution >= 4 is 27.3 Å². The van der Waals surface area contributed by atoms with E-state index in [0.717, 1.165) is 21.7 Å². The molecule has 1 aromatic carbocycles. The largest absolute Gasteiger partial charge is 0.309 e. The molecule has 2 rings (SSSR count). The highest BCUT2D eigenvalue weighted by Gasteiger charge is 2.05. The maximum Gasteiger partial charge on any atom is 0.123 e. The summed E-state index contributed by atoms with van der Waals surface area (Å²) < 4.78 is 1.09. The molecule has 2 nitrogen and oxygen atoms in total. The van der Waals surface area contributed by atoms with Gasteiger partial charge in [-0.25, -0.2) is 4.98 Å². The number of thiazole rings is 1. The summed E-state index contributed by atoms with van der Waals surface area (Å²) in [4.78, 5) is 4.63. The number of hydrogen-bond acceptors (Lipinski definition) is 3. The first-order valence-electron chi connectivity index (χ1n) is 5.59. The minimum absolute atomic E-state index is 0.492. The van der Waals surface area contributed by atoms with Gasteiger partial charge in [0.2, 0.25) is 0 Å². The average Bonchev–Trinajstić information content (AvgIpc) is 2.75. The van der Waals surface area contributed by atoms with E-state index in [-0.39, 0.29) is 0 Å². The van der Waals surface area contributed by atoms with Crippen molar-refractivity contribution in [2.75, 3.05) is 0 Å². The fourth-order valence-electron chi connectivity index (χ4n) is 1.45. The highest BCUT2D eigenvalue weighted by molar-refractivity contribution is 9.10. The van der Waals surface area contributed by atoms with Gasteiger partial charge in [0, 0.05) is 28.0 Å². The lowest BCUT2D eigenvalue weighted by molar-refractivity contribution is 0.583. The van der Waals surface area contributed by atoms with Gasteiger partial charge < -0.3 is 5.32 Å². The number of benzene rings is 1. The lowest BCUT2D eigenvalue weighted by Gasteiger charge is -2.04. The summed E-state index contributed by atoms with van der Waals surface area (Å²) in [6.07, 6.45) is 0. The van der Waals surface area contributed by atoms with Crippen LogP contribution in [0.5, 0.6) is 0 Å². The van der Waals surface area contributed by atoms with Crippen molar-refractivity contribution in [2.24, 2.45) is 0 Å². The van der Waals surface area contributed by atoms with E-state index >= 15 is 0 Å². The molecule has 2 aromatic rings. The predicted molar refractivity (Wildman–Crippen MR) is 77.2 cm³/mol. The molecule has 0 radical (unpaired) electrons. The molecule has 0 amide bonds. The molecule has 0 saturated heterocycles. The molecule has 0 spiro atoms. The first-order chi connectivity index (χ1) is 8.15. The Morgan fingerprint density at radius 1 is 1.41 bits per heavy atom. The lowest BCUT2D eigenvalue weighted by Crippen LogP contribution is -2.21. The van der Waals surface area contributed by atoms with Gasteiger partial charge in [-0.05, 0) is 12.1 Å². The molecule has 0 unspecified atom stereocenters. The average molecular weight is 311 g/mol. The van der Waals surface area contributed by atoms with E-state index in [9.17, 15) is 0 Å². The highest BCUT2D eigenvalue weighted by Crippen LogP contribution is 2.26. The van der Waals surface area contributed by atoms with Gasteiger partial charge in [-0.2, -0.15) is 0 Å². The maximum atomic E-state index is 4.63. The second-order valence-corrected chi connectivity index (χ2v) is 5.96. The van der Waals surface area contributed by atoms with Crippen molar-refractivity contribution in [3.8, 4) is 10.6 Å². The highest BCUT2D eigenvalue weighted by atomic mass is 79.9. The van der Waals surface area contributed by atoms with Crippen LogP contribution in [0.15, 0.2) is 34.1 Å². The van der Waals surface area contributed by atoms with Crippen molar-refractivity contribution in [1.29, 1.82) is 0 Å². The van der Waals surface area contributed by atoms with E-state index in [2.05, 4.69) is 57.6 Å². The maximum absolute atomic E-state index is 4.63. The standard InChI is InChI=1S/C13H15BrN2S/c1-9(2)15-7-12-8-17-13(16-12)10-4-3-5-11(14)6-10/h3-6,8-9,15H,7H2,1-2H3. The van der Waals surface area contributed by atoms with Crippen molar-refractivity contribution in [1.82, 2.24) is 10.3 Å². The van der Waals surface area contributed by atoms with Crippen LogP contribution in [0.1, 0.15) is 19.5 Å². The Hall–Kier alpha value is -0.710. The van der Waals surface area contributed by atoms with Crippen LogP contribution in [-0.4, -0.2) is 11.0 Å². The third-order valence-corrected chi connectivity index (χ3v) is 3.75. The van der Waals surface area contributed by atoms with Crippen molar-refractivity contribution in [3.63, 3.8) is 0 Å². The lowest BCUT2D eigenvalue weighted by atomic mass is 10.2. The zero-order valence-electron chi connectivity index (χ0n) is 9.90. The predicted octanol–water partition coefficient (Wildman–Crippen LogP) is 4.07. The van der Waals surface area contributed by atoms with Crippen LogP contribution in [0.3, 0.4) is 0 Å². The minimum atomic E-state index is 0.492. The van der Waals surface area contributed by atoms with E-state index in [1.807, 2.05) is 12.1 Å². The number of nitrogens with one attached hydrogen (secondary N) is 1. The molecule has 0 aliphatic carbocycles. The first-order valence-corrected chi connectivity index (χ1v) is 7.26. The number of aromatic nitrogens is 1. The molecule has 0 fully saturated rings. The van der Waals surface area contributed by atoms with Gasteiger partial charge in [-0.15, -0.1) is 11.3 Å². The van der Waals surface area contributed by atoms with Gasteiger partial charge in [0.15, 0.2) is 0 Å². The quantitative estimate of drug-likeness (QED) is 0.920. The van der Waals surface area contributed by atoms with E-state index in [0.29, 0.717) is 6.04 Å². The van der Waals surface area contributed by atoms with Gasteiger partial charge in [-0.3, -0.25) is 0 Å². The van der Waals surface area contributed by atoms with Crippen molar-refractivity contribution < 1.29 is 0 Å². The van der Waals surface area contributed by atoms with E-state index in [1.165, 1.54) is 5.56 Å². The SMILES string of the molecule is CC(C)NCc1csc(-c2cccc(Br)c2)n1. The Morgan fingerprint density at radius 3 is 2.94 bits per heavy atom. The third-order valence-electron chi connectivity index (χ3n) is 2.31. The molecule has 90 valence electrons. The Morgan fingerprint density at radius 2 is 2.24 bits per heavy atom. The summed E-state index contributed by atoms with van der Waals surface area (Å²) in [5.74, 6) is 0. The Balaban J connectivity index is 2.12. The molecule has 0 saturated carbocycles. The van der Waals surface area contributed by atoms with Gasteiger partial charge in [0.1, 0.15) is 5.01 Å². The molecule has 4 heteroatoms. The summed E-state index contributed by atoms with van der Waals surface area (Å²) in [6, 6.07) is 8.73. The zero-order valence-corrected chi connectivity index (χ0v) is 12.3. The number of halogens is 1. The molecule has 0 aliphatic heterocycles. The van der Waals surface area contributed by atoms with E-state index in [1.54, 1.807) is 11.3 Å². The topological polar surface area (TPSA) is 24.9 Å². The fraction of sp³-hybridized carbons (Fsp3) is 0.308. The summed E-state index contributed by atoms with van der Waals surface area (Å²) in [5, 5.41) is 6.57. The molecule has 0 atom stereocenters. The summed E-state index contributed by atoms with van der Waals surface area (Å²) >= 11 is 5.17. The molecule has 0 aliphatic rings. The van der Waals surface area contributed by atoms with Gasteiger partial charge in [0.05, 0.1) is 5.69 Å². The molecule has 17 heavy (non-hydrogen) atoms. The monoisotopic (exact) mass is 310 g/mol. The molecule has 1 N–H and O–H groups in total. The van der Waals surface area contributed by atoms with Gasteiger partial charge in [0.25, 0.3) is 0 Å². The van der Waals surface area contributed by atoms with Crippen LogP contribution < -0.4 is 5.32 Å². The number of rotatable bonds is 4. The molecular weight excluding hydrogens is 296 g/mol. The Bertz CT molecular complexity index is 494. The summed E-state index contributed by atoms with van der Waals surface area (Å²) in [5.41, 5.74) is 2.28. The van der Waals surface area contributed by atoms with E-state index < -0.39 is 0 Å². The summed E-state index contributed by atoms with van der Waals surface area (Å²) in [6.45, 7) is 5.12. The van der Waals surface area contributed by atoms with Crippen molar-refractivity contribution in [3.05, 3.63) is 39.8 Å².